The van der Waals surface area contributed by atoms with Crippen molar-refractivity contribution in [3.63, 3.8) is 0 Å². The molecule has 112 valence electrons. The van der Waals surface area contributed by atoms with Gasteiger partial charge in [-0.1, -0.05) is 0 Å². The molecule has 3 heterocycles. The van der Waals surface area contributed by atoms with Crippen molar-refractivity contribution in [2.45, 2.75) is 12.8 Å². The van der Waals surface area contributed by atoms with Crippen LogP contribution in [0.25, 0.3) is 0 Å². The van der Waals surface area contributed by atoms with Gasteiger partial charge in [-0.05, 0) is 37.1 Å². The van der Waals surface area contributed by atoms with Gasteiger partial charge in [-0.2, -0.15) is 5.10 Å². The Hall–Kier alpha value is -1.88. The quantitative estimate of drug-likeness (QED) is 0.836. The molecule has 1 aliphatic heterocycles. The third kappa shape index (κ3) is 3.82. The molecule has 3 rings (SSSR count). The van der Waals surface area contributed by atoms with Gasteiger partial charge in [-0.3, -0.25) is 14.6 Å². The molecule has 0 saturated carbocycles. The maximum Gasteiger partial charge on any atom is 0.0521 e. The van der Waals surface area contributed by atoms with Gasteiger partial charge in [0.25, 0.3) is 0 Å². The molecule has 5 nitrogen and oxygen atoms in total. The molecule has 2 aromatic heterocycles. The van der Waals surface area contributed by atoms with E-state index in [2.05, 4.69) is 38.2 Å². The number of pyridine rings is 1. The van der Waals surface area contributed by atoms with Crippen molar-refractivity contribution in [3.05, 3.63) is 42.5 Å². The van der Waals surface area contributed by atoms with Crippen molar-refractivity contribution in [3.8, 4) is 0 Å². The molecule has 0 spiro atoms. The number of hydrogen-bond acceptors (Lipinski definition) is 4. The van der Waals surface area contributed by atoms with Crippen molar-refractivity contribution < 1.29 is 0 Å². The van der Waals surface area contributed by atoms with Crippen molar-refractivity contribution in [1.29, 1.82) is 0 Å². The van der Waals surface area contributed by atoms with Crippen LogP contribution >= 0.6 is 0 Å². The summed E-state index contributed by atoms with van der Waals surface area (Å²) in [5, 5.41) is 4.22. The molecule has 0 unspecified atom stereocenters. The summed E-state index contributed by atoms with van der Waals surface area (Å²) in [7, 11) is 1.97. The Balaban J connectivity index is 1.40. The highest BCUT2D eigenvalue weighted by molar-refractivity contribution is 5.44. The number of aromatic nitrogens is 3. The van der Waals surface area contributed by atoms with Gasteiger partial charge in [0.15, 0.2) is 0 Å². The highest BCUT2D eigenvalue weighted by Crippen LogP contribution is 2.15. The molecule has 0 aromatic carbocycles. The van der Waals surface area contributed by atoms with E-state index in [9.17, 15) is 0 Å². The SMILES string of the molecule is Cn1cc(CCCN2CCN(c3ccncc3)CC2)cn1. The second-order valence-electron chi connectivity index (χ2n) is 5.66. The van der Waals surface area contributed by atoms with Crippen LogP contribution in [0.4, 0.5) is 5.69 Å². The fourth-order valence-corrected chi connectivity index (χ4v) is 2.89. The summed E-state index contributed by atoms with van der Waals surface area (Å²) >= 11 is 0. The molecular weight excluding hydrogens is 262 g/mol. The number of piperazine rings is 1. The maximum atomic E-state index is 4.22. The molecule has 0 aliphatic carbocycles. The Labute approximate surface area is 126 Å². The lowest BCUT2D eigenvalue weighted by Crippen LogP contribution is -2.46. The van der Waals surface area contributed by atoms with E-state index >= 15 is 0 Å². The van der Waals surface area contributed by atoms with Crippen LogP contribution in [-0.4, -0.2) is 52.4 Å². The summed E-state index contributed by atoms with van der Waals surface area (Å²) in [6.45, 7) is 5.69. The lowest BCUT2D eigenvalue weighted by molar-refractivity contribution is 0.255. The molecule has 2 aromatic rings. The zero-order valence-electron chi connectivity index (χ0n) is 12.6. The normalized spacial score (nSPS) is 16.3. The molecule has 0 bridgehead atoms. The molecule has 1 saturated heterocycles. The fourth-order valence-electron chi connectivity index (χ4n) is 2.89. The lowest BCUT2D eigenvalue weighted by Gasteiger charge is -2.36. The Morgan fingerprint density at radius 1 is 1.10 bits per heavy atom. The van der Waals surface area contributed by atoms with Gasteiger partial charge in [0.1, 0.15) is 0 Å². The van der Waals surface area contributed by atoms with Gasteiger partial charge >= 0.3 is 0 Å². The summed E-state index contributed by atoms with van der Waals surface area (Å²) < 4.78 is 1.88. The van der Waals surface area contributed by atoms with Crippen LogP contribution < -0.4 is 4.90 Å². The van der Waals surface area contributed by atoms with E-state index in [0.717, 1.165) is 32.6 Å². The summed E-state index contributed by atoms with van der Waals surface area (Å²) in [4.78, 5) is 9.09. The minimum absolute atomic E-state index is 1.11. The topological polar surface area (TPSA) is 37.2 Å². The van der Waals surface area contributed by atoms with Crippen molar-refractivity contribution >= 4 is 5.69 Å². The number of aryl methyl sites for hydroxylation is 2. The zero-order chi connectivity index (χ0) is 14.5. The minimum atomic E-state index is 1.11. The molecule has 0 amide bonds. The third-order valence-corrected chi connectivity index (χ3v) is 4.10. The summed E-state index contributed by atoms with van der Waals surface area (Å²) in [6.07, 6.45) is 10.2. The minimum Gasteiger partial charge on any atom is -0.369 e. The maximum absolute atomic E-state index is 4.22. The lowest BCUT2D eigenvalue weighted by atomic mass is 10.2. The Kier molecular flexibility index (Phi) is 4.50. The fraction of sp³-hybridized carbons (Fsp3) is 0.500. The molecule has 0 N–H and O–H groups in total. The van der Waals surface area contributed by atoms with Crippen LogP contribution in [-0.2, 0) is 13.5 Å². The van der Waals surface area contributed by atoms with E-state index in [1.807, 2.05) is 30.3 Å². The Morgan fingerprint density at radius 2 is 1.86 bits per heavy atom. The predicted molar refractivity (Wildman–Crippen MR) is 84.4 cm³/mol. The third-order valence-electron chi connectivity index (χ3n) is 4.10. The molecule has 1 aliphatic rings. The average Bonchev–Trinajstić information content (AvgIpc) is 2.94. The molecule has 1 fully saturated rings. The summed E-state index contributed by atoms with van der Waals surface area (Å²) in [5.41, 5.74) is 2.63. The van der Waals surface area contributed by atoms with Crippen LogP contribution in [0.2, 0.25) is 0 Å². The van der Waals surface area contributed by atoms with E-state index in [-0.39, 0.29) is 0 Å². The number of rotatable bonds is 5. The summed E-state index contributed by atoms with van der Waals surface area (Å²) in [6, 6.07) is 4.19. The van der Waals surface area contributed by atoms with Gasteiger partial charge in [0, 0.05) is 57.5 Å². The first-order valence-corrected chi connectivity index (χ1v) is 7.66. The largest absolute Gasteiger partial charge is 0.369 e. The van der Waals surface area contributed by atoms with Crippen LogP contribution in [0.3, 0.4) is 0 Å². The highest BCUT2D eigenvalue weighted by atomic mass is 15.3. The van der Waals surface area contributed by atoms with Gasteiger partial charge < -0.3 is 4.90 Å². The molecule has 5 heteroatoms. The van der Waals surface area contributed by atoms with Crippen LogP contribution in [0.1, 0.15) is 12.0 Å². The zero-order valence-corrected chi connectivity index (χ0v) is 12.6. The van der Waals surface area contributed by atoms with Gasteiger partial charge in [-0.15, -0.1) is 0 Å². The first kappa shape index (κ1) is 14.1. The molecule has 0 radical (unpaired) electrons. The van der Waals surface area contributed by atoms with E-state index in [4.69, 9.17) is 0 Å². The number of hydrogen-bond donors (Lipinski definition) is 0. The second kappa shape index (κ2) is 6.72. The van der Waals surface area contributed by atoms with Crippen LogP contribution in [0.15, 0.2) is 36.9 Å². The first-order chi connectivity index (χ1) is 10.3. The monoisotopic (exact) mass is 285 g/mol. The number of anilines is 1. The van der Waals surface area contributed by atoms with Gasteiger partial charge in [-0.25, -0.2) is 0 Å². The van der Waals surface area contributed by atoms with E-state index < -0.39 is 0 Å². The van der Waals surface area contributed by atoms with E-state index in [1.165, 1.54) is 24.2 Å². The molecule has 0 atom stereocenters. The summed E-state index contributed by atoms with van der Waals surface area (Å²) in [5.74, 6) is 0. The van der Waals surface area contributed by atoms with E-state index in [1.54, 1.807) is 0 Å². The Morgan fingerprint density at radius 3 is 2.52 bits per heavy atom. The number of nitrogens with zero attached hydrogens (tertiary/aromatic N) is 5. The molecular formula is C16H23N5. The van der Waals surface area contributed by atoms with Crippen molar-refractivity contribution in [2.24, 2.45) is 7.05 Å². The van der Waals surface area contributed by atoms with Gasteiger partial charge in [0.2, 0.25) is 0 Å². The second-order valence-corrected chi connectivity index (χ2v) is 5.66. The van der Waals surface area contributed by atoms with E-state index in [0.29, 0.717) is 0 Å². The van der Waals surface area contributed by atoms with Crippen molar-refractivity contribution in [1.82, 2.24) is 19.7 Å². The first-order valence-electron chi connectivity index (χ1n) is 7.66. The van der Waals surface area contributed by atoms with Crippen LogP contribution in [0, 0.1) is 0 Å². The Bertz CT molecular complexity index is 543. The highest BCUT2D eigenvalue weighted by Gasteiger charge is 2.16. The standard InChI is InChI=1S/C16H23N5/c1-19-14-15(13-18-19)3-2-8-20-9-11-21(12-10-20)16-4-6-17-7-5-16/h4-7,13-14H,2-3,8-12H2,1H3. The molecule has 21 heavy (non-hydrogen) atoms. The average molecular weight is 285 g/mol. The predicted octanol–water partition coefficient (Wildman–Crippen LogP) is 1.57. The smallest absolute Gasteiger partial charge is 0.0521 e. The van der Waals surface area contributed by atoms with Crippen LogP contribution in [0.5, 0.6) is 0 Å². The van der Waals surface area contributed by atoms with Gasteiger partial charge in [0.05, 0.1) is 6.20 Å². The van der Waals surface area contributed by atoms with Crippen molar-refractivity contribution in [2.75, 3.05) is 37.6 Å².